The SMILES string of the molecule is COC(=O)CCCN1C(=S)N[C@H](c2ccccn2)[C@H]1c1cc(C)n(-c2ccc(Cl)cc2)c1C. The summed E-state index contributed by atoms with van der Waals surface area (Å²) >= 11 is 11.9. The number of halogens is 1. The van der Waals surface area contributed by atoms with Gasteiger partial charge in [0.15, 0.2) is 5.11 Å². The Morgan fingerprint density at radius 1 is 1.21 bits per heavy atom. The van der Waals surface area contributed by atoms with Gasteiger partial charge in [-0.1, -0.05) is 17.7 Å². The standard InChI is InChI=1S/C25H27ClN4O2S/c1-16-15-20(17(2)30(16)19-11-9-18(26)10-12-19)24-23(21-7-4-5-13-27-21)28-25(33)29(24)14-6-8-22(31)32-3/h4-5,7,9-13,15,23-24H,6,8,14H2,1-3H3,(H,28,33)/t23-,24-/m1/s1. The zero-order valence-corrected chi connectivity index (χ0v) is 20.5. The number of hydrogen-bond donors (Lipinski definition) is 1. The summed E-state index contributed by atoms with van der Waals surface area (Å²) in [6.07, 6.45) is 2.80. The lowest BCUT2D eigenvalue weighted by molar-refractivity contribution is -0.140. The molecule has 0 spiro atoms. The average molecular weight is 483 g/mol. The molecular weight excluding hydrogens is 456 g/mol. The minimum absolute atomic E-state index is 0.0581. The second-order valence-corrected chi connectivity index (χ2v) is 8.96. The fraction of sp³-hybridized carbons (Fsp3) is 0.320. The summed E-state index contributed by atoms with van der Waals surface area (Å²) in [5.41, 5.74) is 5.41. The second kappa shape index (κ2) is 9.93. The smallest absolute Gasteiger partial charge is 0.305 e. The predicted molar refractivity (Wildman–Crippen MR) is 134 cm³/mol. The Bertz CT molecular complexity index is 1150. The minimum Gasteiger partial charge on any atom is -0.469 e. The lowest BCUT2D eigenvalue weighted by Gasteiger charge is -2.28. The topological polar surface area (TPSA) is 59.4 Å². The molecule has 172 valence electrons. The molecule has 1 aliphatic rings. The number of pyridine rings is 1. The maximum atomic E-state index is 11.7. The van der Waals surface area contributed by atoms with E-state index in [9.17, 15) is 4.79 Å². The van der Waals surface area contributed by atoms with Crippen molar-refractivity contribution in [3.05, 3.63) is 82.4 Å². The van der Waals surface area contributed by atoms with Crippen LogP contribution >= 0.6 is 23.8 Å². The molecule has 2 atom stereocenters. The molecule has 3 heterocycles. The highest BCUT2D eigenvalue weighted by atomic mass is 35.5. The van der Waals surface area contributed by atoms with Gasteiger partial charge in [0.1, 0.15) is 0 Å². The fourth-order valence-electron chi connectivity index (χ4n) is 4.56. The first kappa shape index (κ1) is 23.3. The number of esters is 1. The Hall–Kier alpha value is -2.90. The number of carbonyl (C=O) groups excluding carboxylic acids is 1. The summed E-state index contributed by atoms with van der Waals surface area (Å²) in [6, 6.07) is 15.8. The van der Waals surface area contributed by atoms with Crippen LogP contribution in [0.4, 0.5) is 0 Å². The molecule has 1 aliphatic heterocycles. The summed E-state index contributed by atoms with van der Waals surface area (Å²) < 4.78 is 7.04. The molecule has 1 aromatic carbocycles. The van der Waals surface area contributed by atoms with Crippen LogP contribution < -0.4 is 5.32 Å². The van der Waals surface area contributed by atoms with Gasteiger partial charge in [-0.25, -0.2) is 0 Å². The fourth-order valence-corrected chi connectivity index (χ4v) is 5.01. The number of thiocarbonyl (C=S) groups is 1. The molecule has 8 heteroatoms. The van der Waals surface area contributed by atoms with E-state index in [1.807, 2.05) is 42.5 Å². The van der Waals surface area contributed by atoms with E-state index < -0.39 is 0 Å². The van der Waals surface area contributed by atoms with Gasteiger partial charge in [-0.15, -0.1) is 0 Å². The van der Waals surface area contributed by atoms with Crippen LogP contribution in [0.2, 0.25) is 5.02 Å². The third-order valence-electron chi connectivity index (χ3n) is 6.08. The molecule has 4 rings (SSSR count). The Kier molecular flexibility index (Phi) is 7.00. The van der Waals surface area contributed by atoms with E-state index >= 15 is 0 Å². The highest BCUT2D eigenvalue weighted by Gasteiger charge is 2.41. The number of carbonyl (C=O) groups is 1. The van der Waals surface area contributed by atoms with Crippen molar-refractivity contribution in [3.63, 3.8) is 0 Å². The third kappa shape index (κ3) is 4.75. The van der Waals surface area contributed by atoms with E-state index in [0.29, 0.717) is 29.5 Å². The molecule has 6 nitrogen and oxygen atoms in total. The molecule has 0 amide bonds. The van der Waals surface area contributed by atoms with Crippen LogP contribution in [0.5, 0.6) is 0 Å². The van der Waals surface area contributed by atoms with Crippen LogP contribution in [0.25, 0.3) is 5.69 Å². The van der Waals surface area contributed by atoms with Crippen LogP contribution in [0.1, 0.15) is 47.6 Å². The minimum atomic E-state index is -0.216. The van der Waals surface area contributed by atoms with Crippen molar-refractivity contribution in [2.45, 2.75) is 38.8 Å². The number of rotatable bonds is 7. The van der Waals surface area contributed by atoms with Gasteiger partial charge >= 0.3 is 5.97 Å². The number of nitrogens with one attached hydrogen (secondary N) is 1. The first-order valence-corrected chi connectivity index (χ1v) is 11.7. The number of benzene rings is 1. The van der Waals surface area contributed by atoms with Crippen LogP contribution in [0.15, 0.2) is 54.7 Å². The Morgan fingerprint density at radius 2 is 1.97 bits per heavy atom. The number of hydrogen-bond acceptors (Lipinski definition) is 4. The Balaban J connectivity index is 1.74. The Morgan fingerprint density at radius 3 is 2.64 bits per heavy atom. The van der Waals surface area contributed by atoms with Crippen LogP contribution in [0, 0.1) is 13.8 Å². The van der Waals surface area contributed by atoms with E-state index in [4.69, 9.17) is 28.6 Å². The van der Waals surface area contributed by atoms with E-state index in [0.717, 1.165) is 22.8 Å². The molecule has 0 bridgehead atoms. The molecular formula is C25H27ClN4O2S. The average Bonchev–Trinajstić information content (AvgIpc) is 3.30. The van der Waals surface area contributed by atoms with Crippen LogP contribution in [0.3, 0.4) is 0 Å². The molecule has 0 saturated carbocycles. The molecule has 1 N–H and O–H groups in total. The zero-order chi connectivity index (χ0) is 23.5. The van der Waals surface area contributed by atoms with Gasteiger partial charge in [0, 0.05) is 41.3 Å². The van der Waals surface area contributed by atoms with Gasteiger partial charge in [-0.2, -0.15) is 0 Å². The summed E-state index contributed by atoms with van der Waals surface area (Å²) in [4.78, 5) is 18.5. The maximum Gasteiger partial charge on any atom is 0.305 e. The van der Waals surface area contributed by atoms with Gasteiger partial charge in [-0.05, 0) is 80.5 Å². The molecule has 33 heavy (non-hydrogen) atoms. The number of nitrogens with zero attached hydrogens (tertiary/aromatic N) is 3. The van der Waals surface area contributed by atoms with Gasteiger partial charge in [0.25, 0.3) is 0 Å². The molecule has 1 saturated heterocycles. The largest absolute Gasteiger partial charge is 0.469 e. The van der Waals surface area contributed by atoms with Crippen LogP contribution in [-0.4, -0.2) is 39.2 Å². The monoisotopic (exact) mass is 482 g/mol. The second-order valence-electron chi connectivity index (χ2n) is 8.14. The number of ether oxygens (including phenoxy) is 1. The number of aromatic nitrogens is 2. The summed E-state index contributed by atoms with van der Waals surface area (Å²) in [7, 11) is 1.41. The molecule has 0 radical (unpaired) electrons. The third-order valence-corrected chi connectivity index (χ3v) is 6.68. The van der Waals surface area contributed by atoms with E-state index in [2.05, 4.69) is 39.7 Å². The summed E-state index contributed by atoms with van der Waals surface area (Å²) in [6.45, 7) is 4.86. The van der Waals surface area contributed by atoms with E-state index in [1.165, 1.54) is 12.7 Å². The molecule has 2 aromatic heterocycles. The van der Waals surface area contributed by atoms with Gasteiger partial charge < -0.3 is 19.5 Å². The van der Waals surface area contributed by atoms with Crippen molar-refractivity contribution in [3.8, 4) is 5.69 Å². The van der Waals surface area contributed by atoms with Gasteiger partial charge in [0.05, 0.1) is 24.9 Å². The first-order chi connectivity index (χ1) is 15.9. The zero-order valence-electron chi connectivity index (χ0n) is 18.9. The quantitative estimate of drug-likeness (QED) is 0.375. The number of methoxy groups -OCH3 is 1. The van der Waals surface area contributed by atoms with Crippen molar-refractivity contribution >= 4 is 34.9 Å². The molecule has 3 aromatic rings. The highest BCUT2D eigenvalue weighted by Crippen LogP contribution is 2.41. The van der Waals surface area contributed by atoms with Gasteiger partial charge in [0.2, 0.25) is 0 Å². The maximum absolute atomic E-state index is 11.7. The predicted octanol–water partition coefficient (Wildman–Crippen LogP) is 5.07. The lowest BCUT2D eigenvalue weighted by Crippen LogP contribution is -2.31. The molecule has 0 unspecified atom stereocenters. The molecule has 1 fully saturated rings. The van der Waals surface area contributed by atoms with Gasteiger partial charge in [-0.3, -0.25) is 9.78 Å². The summed E-state index contributed by atoms with van der Waals surface area (Å²) in [5, 5.41) is 4.85. The van der Waals surface area contributed by atoms with Crippen molar-refractivity contribution in [2.24, 2.45) is 0 Å². The first-order valence-electron chi connectivity index (χ1n) is 10.9. The van der Waals surface area contributed by atoms with Crippen molar-refractivity contribution in [1.29, 1.82) is 0 Å². The van der Waals surface area contributed by atoms with Crippen molar-refractivity contribution in [2.75, 3.05) is 13.7 Å². The van der Waals surface area contributed by atoms with Crippen molar-refractivity contribution < 1.29 is 9.53 Å². The van der Waals surface area contributed by atoms with E-state index in [1.54, 1.807) is 6.20 Å². The summed E-state index contributed by atoms with van der Waals surface area (Å²) in [5.74, 6) is -0.216. The Labute approximate surface area is 204 Å². The lowest BCUT2D eigenvalue weighted by atomic mass is 9.96. The highest BCUT2D eigenvalue weighted by molar-refractivity contribution is 7.80. The normalized spacial score (nSPS) is 17.8. The van der Waals surface area contributed by atoms with Crippen molar-refractivity contribution in [1.82, 2.24) is 19.8 Å². The van der Waals surface area contributed by atoms with E-state index in [-0.39, 0.29) is 18.1 Å². The number of aryl methyl sites for hydroxylation is 1. The van der Waals surface area contributed by atoms with Crippen LogP contribution in [-0.2, 0) is 9.53 Å². The molecule has 0 aliphatic carbocycles.